The number of carboxylic acids is 1. The number of hydrogen-bond donors (Lipinski definition) is 1. The molecule has 0 aliphatic carbocycles. The van der Waals surface area contributed by atoms with Crippen molar-refractivity contribution in [1.29, 1.82) is 0 Å². The summed E-state index contributed by atoms with van der Waals surface area (Å²) in [6.07, 6.45) is 0. The third-order valence-corrected chi connectivity index (χ3v) is 4.16. The van der Waals surface area contributed by atoms with Gasteiger partial charge in [-0.3, -0.25) is 14.5 Å². The Bertz CT molecular complexity index is 549. The second-order valence-corrected chi connectivity index (χ2v) is 5.66. The molecule has 0 radical (unpaired) electrons. The molecule has 0 saturated carbocycles. The molecule has 1 aliphatic rings. The summed E-state index contributed by atoms with van der Waals surface area (Å²) in [5.74, 6) is -0.0680. The average Bonchev–Trinajstić information content (AvgIpc) is 2.41. The molecular weight excluding hydrogens is 270 g/mol. The molecule has 0 aromatic heterocycles. The maximum absolute atomic E-state index is 11.5. The zero-order valence-electron chi connectivity index (χ0n) is 12.6. The number of carbonyl (C=O) groups excluding carboxylic acids is 1. The number of carboxylic acid groups (broad SMARTS) is 1. The minimum atomic E-state index is -0.740. The van der Waals surface area contributed by atoms with Crippen LogP contribution in [-0.2, 0) is 11.3 Å². The van der Waals surface area contributed by atoms with Gasteiger partial charge in [0.25, 0.3) is 0 Å². The minimum Gasteiger partial charge on any atom is -0.496 e. The van der Waals surface area contributed by atoms with Gasteiger partial charge >= 0.3 is 5.97 Å². The number of carbonyl (C=O) groups is 2. The lowest BCUT2D eigenvalue weighted by molar-refractivity contribution is -0.145. The second-order valence-electron chi connectivity index (χ2n) is 5.66. The number of methoxy groups -OCH3 is 1. The van der Waals surface area contributed by atoms with E-state index in [1.54, 1.807) is 27.0 Å². The van der Waals surface area contributed by atoms with E-state index in [-0.39, 0.29) is 17.6 Å². The smallest absolute Gasteiger partial charge is 0.306 e. The fraction of sp³-hybridized carbons (Fsp3) is 0.500. The number of nitrogens with zero attached hydrogens (tertiary/aromatic N) is 1. The van der Waals surface area contributed by atoms with E-state index in [0.717, 1.165) is 24.4 Å². The van der Waals surface area contributed by atoms with E-state index in [1.807, 2.05) is 12.1 Å². The van der Waals surface area contributed by atoms with Gasteiger partial charge in [-0.25, -0.2) is 0 Å². The first-order valence-electron chi connectivity index (χ1n) is 7.05. The highest BCUT2D eigenvalue weighted by Crippen LogP contribution is 2.29. The fourth-order valence-corrected chi connectivity index (χ4v) is 2.62. The summed E-state index contributed by atoms with van der Waals surface area (Å²) in [5, 5.41) is 9.00. The highest BCUT2D eigenvalue weighted by molar-refractivity contribution is 5.94. The van der Waals surface area contributed by atoms with Crippen LogP contribution in [0, 0.1) is 11.8 Å². The van der Waals surface area contributed by atoms with E-state index < -0.39 is 5.97 Å². The topological polar surface area (TPSA) is 66.8 Å². The Morgan fingerprint density at radius 3 is 2.62 bits per heavy atom. The van der Waals surface area contributed by atoms with Crippen LogP contribution in [0.4, 0.5) is 0 Å². The van der Waals surface area contributed by atoms with Crippen LogP contribution in [0.5, 0.6) is 5.75 Å². The Morgan fingerprint density at radius 1 is 1.43 bits per heavy atom. The molecule has 2 rings (SSSR count). The Labute approximate surface area is 124 Å². The molecule has 114 valence electrons. The molecule has 1 N–H and O–H groups in total. The van der Waals surface area contributed by atoms with Gasteiger partial charge in [0.1, 0.15) is 5.75 Å². The molecule has 0 amide bonds. The predicted octanol–water partition coefficient (Wildman–Crippen LogP) is 2.05. The lowest BCUT2D eigenvalue weighted by Gasteiger charge is -2.41. The molecule has 5 nitrogen and oxygen atoms in total. The van der Waals surface area contributed by atoms with Gasteiger partial charge in [0.15, 0.2) is 5.78 Å². The zero-order valence-corrected chi connectivity index (χ0v) is 12.6. The second kappa shape index (κ2) is 6.26. The number of rotatable bonds is 6. The van der Waals surface area contributed by atoms with Gasteiger partial charge in [0, 0.05) is 30.8 Å². The van der Waals surface area contributed by atoms with Crippen LogP contribution in [0.3, 0.4) is 0 Å². The monoisotopic (exact) mass is 291 g/mol. The van der Waals surface area contributed by atoms with Crippen LogP contribution >= 0.6 is 0 Å². The molecule has 1 aromatic rings. The lowest BCUT2D eigenvalue weighted by Crippen LogP contribution is -2.50. The molecule has 1 aliphatic heterocycles. The zero-order chi connectivity index (χ0) is 15.6. The first-order chi connectivity index (χ1) is 9.92. The number of hydrogen-bond acceptors (Lipinski definition) is 4. The van der Waals surface area contributed by atoms with Crippen molar-refractivity contribution in [2.75, 3.05) is 20.2 Å². The van der Waals surface area contributed by atoms with Gasteiger partial charge in [-0.1, -0.05) is 6.92 Å². The molecular formula is C16H21NO4. The van der Waals surface area contributed by atoms with E-state index in [4.69, 9.17) is 9.84 Å². The summed E-state index contributed by atoms with van der Waals surface area (Å²) in [4.78, 5) is 24.6. The molecule has 0 bridgehead atoms. The Kier molecular flexibility index (Phi) is 4.63. The number of ketones is 1. The average molecular weight is 291 g/mol. The van der Waals surface area contributed by atoms with Crippen LogP contribution in [0.15, 0.2) is 18.2 Å². The van der Waals surface area contributed by atoms with E-state index >= 15 is 0 Å². The van der Waals surface area contributed by atoms with Crippen molar-refractivity contribution in [3.63, 3.8) is 0 Å². The summed E-state index contributed by atoms with van der Waals surface area (Å²) < 4.78 is 5.33. The van der Waals surface area contributed by atoms with Crippen molar-refractivity contribution in [2.24, 2.45) is 11.8 Å². The molecule has 1 saturated heterocycles. The summed E-state index contributed by atoms with van der Waals surface area (Å²) >= 11 is 0. The number of aliphatic carboxylic acids is 1. The summed E-state index contributed by atoms with van der Waals surface area (Å²) in [6.45, 7) is 5.50. The van der Waals surface area contributed by atoms with Gasteiger partial charge in [-0.2, -0.15) is 0 Å². The Balaban J connectivity index is 2.02. The maximum atomic E-state index is 11.5. The van der Waals surface area contributed by atoms with Crippen molar-refractivity contribution in [3.8, 4) is 5.75 Å². The van der Waals surface area contributed by atoms with Crippen molar-refractivity contribution in [3.05, 3.63) is 29.3 Å². The molecule has 21 heavy (non-hydrogen) atoms. The van der Waals surface area contributed by atoms with Gasteiger partial charge < -0.3 is 9.84 Å². The summed E-state index contributed by atoms with van der Waals surface area (Å²) in [6, 6.07) is 5.43. The van der Waals surface area contributed by atoms with Crippen molar-refractivity contribution >= 4 is 11.8 Å². The van der Waals surface area contributed by atoms with Crippen molar-refractivity contribution in [1.82, 2.24) is 4.90 Å². The van der Waals surface area contributed by atoms with Crippen LogP contribution in [-0.4, -0.2) is 42.0 Å². The van der Waals surface area contributed by atoms with Gasteiger partial charge in [0.2, 0.25) is 0 Å². The van der Waals surface area contributed by atoms with Crippen LogP contribution in [0.2, 0.25) is 0 Å². The van der Waals surface area contributed by atoms with Crippen LogP contribution < -0.4 is 4.74 Å². The van der Waals surface area contributed by atoms with Crippen molar-refractivity contribution < 1.29 is 19.4 Å². The minimum absolute atomic E-state index is 0.0277. The predicted molar refractivity (Wildman–Crippen MR) is 78.6 cm³/mol. The van der Waals surface area contributed by atoms with E-state index in [2.05, 4.69) is 4.90 Å². The third kappa shape index (κ3) is 3.42. The molecule has 1 fully saturated rings. The van der Waals surface area contributed by atoms with E-state index in [9.17, 15) is 9.59 Å². The Hall–Kier alpha value is -1.88. The normalized spacial score (nSPS) is 17.1. The van der Waals surface area contributed by atoms with Crippen LogP contribution in [0.1, 0.15) is 29.8 Å². The highest BCUT2D eigenvalue weighted by atomic mass is 16.5. The van der Waals surface area contributed by atoms with Gasteiger partial charge in [-0.15, -0.1) is 0 Å². The quantitative estimate of drug-likeness (QED) is 0.813. The molecule has 1 aromatic carbocycles. The largest absolute Gasteiger partial charge is 0.496 e. The molecule has 1 unspecified atom stereocenters. The van der Waals surface area contributed by atoms with Crippen molar-refractivity contribution in [2.45, 2.75) is 20.4 Å². The molecule has 5 heteroatoms. The van der Waals surface area contributed by atoms with Gasteiger partial charge in [0.05, 0.1) is 13.0 Å². The van der Waals surface area contributed by atoms with Crippen LogP contribution in [0.25, 0.3) is 0 Å². The first kappa shape index (κ1) is 15.5. The van der Waals surface area contributed by atoms with Gasteiger partial charge in [-0.05, 0) is 31.0 Å². The molecule has 1 heterocycles. The number of Topliss-reactive ketones (excluding diaryl/α,β-unsaturated/α-hetero) is 1. The number of likely N-dealkylation sites (tertiary alicyclic amines) is 1. The summed E-state index contributed by atoms with van der Waals surface area (Å²) in [7, 11) is 1.61. The fourth-order valence-electron chi connectivity index (χ4n) is 2.62. The first-order valence-corrected chi connectivity index (χ1v) is 7.05. The third-order valence-electron chi connectivity index (χ3n) is 4.16. The number of benzene rings is 1. The highest BCUT2D eigenvalue weighted by Gasteiger charge is 2.34. The van der Waals surface area contributed by atoms with E-state index in [1.165, 1.54) is 0 Å². The maximum Gasteiger partial charge on any atom is 0.306 e. The Morgan fingerprint density at radius 2 is 2.10 bits per heavy atom. The molecule has 1 atom stereocenters. The SMILES string of the molecule is COc1ccc(C(C)=O)cc1CN1CC(C(C)C(=O)O)C1. The number of ether oxygens (including phenoxy) is 1. The lowest BCUT2D eigenvalue weighted by atomic mass is 9.86. The van der Waals surface area contributed by atoms with E-state index in [0.29, 0.717) is 12.1 Å². The summed E-state index contributed by atoms with van der Waals surface area (Å²) in [5.41, 5.74) is 1.63. The molecule has 0 spiro atoms. The standard InChI is InChI=1S/C16H21NO4/c1-10(16(19)20)14-8-17(9-14)7-13-6-12(11(2)18)4-5-15(13)21-3/h4-6,10,14H,7-9H2,1-3H3,(H,19,20).